The maximum absolute atomic E-state index is 14.9. The van der Waals surface area contributed by atoms with Gasteiger partial charge in [-0.15, -0.1) is 11.8 Å². The normalized spacial score (nSPS) is 12.0. The molecule has 4 rings (SSSR count). The molecule has 0 spiro atoms. The lowest BCUT2D eigenvalue weighted by atomic mass is 10.0. The molecule has 1 unspecified atom stereocenters. The molecule has 1 atom stereocenters. The summed E-state index contributed by atoms with van der Waals surface area (Å²) in [5, 5.41) is 14.4. The molecule has 0 aliphatic carbocycles. The van der Waals surface area contributed by atoms with E-state index in [0.29, 0.717) is 33.6 Å². The molecule has 6 nitrogen and oxygen atoms in total. The zero-order chi connectivity index (χ0) is 25.8. The molecule has 186 valence electrons. The number of nitrogens with zero attached hydrogens (tertiary/aromatic N) is 1. The van der Waals surface area contributed by atoms with Gasteiger partial charge in [0.2, 0.25) is 0 Å². The summed E-state index contributed by atoms with van der Waals surface area (Å²) in [6, 6.07) is 17.7. The van der Waals surface area contributed by atoms with E-state index in [9.17, 15) is 19.1 Å². The van der Waals surface area contributed by atoms with Crippen LogP contribution in [0.15, 0.2) is 60.7 Å². The second kappa shape index (κ2) is 11.1. The van der Waals surface area contributed by atoms with Crippen LogP contribution in [0.1, 0.15) is 42.6 Å². The first kappa shape index (κ1) is 25.7. The number of nitrogens with one attached hydrogen (secondary N) is 2. The number of thiazole rings is 1. The number of hydrogen-bond acceptors (Lipinski definition) is 6. The average Bonchev–Trinajstić information content (AvgIpc) is 3.26. The van der Waals surface area contributed by atoms with Crippen molar-refractivity contribution >= 4 is 56.0 Å². The maximum atomic E-state index is 14.9. The Bertz CT molecular complexity index is 1400. The lowest BCUT2D eigenvalue weighted by molar-refractivity contribution is -0.136. The Kier molecular flexibility index (Phi) is 7.91. The molecular formula is C27H26FN3O3S2. The van der Waals surface area contributed by atoms with Crippen LogP contribution in [0, 0.1) is 5.82 Å². The summed E-state index contributed by atoms with van der Waals surface area (Å²) >= 11 is 2.61. The summed E-state index contributed by atoms with van der Waals surface area (Å²) in [6.07, 6.45) is 0. The van der Waals surface area contributed by atoms with Crippen molar-refractivity contribution in [3.8, 4) is 11.1 Å². The van der Waals surface area contributed by atoms with Crippen molar-refractivity contribution in [3.05, 3.63) is 77.6 Å². The van der Waals surface area contributed by atoms with E-state index in [4.69, 9.17) is 0 Å². The number of anilines is 2. The van der Waals surface area contributed by atoms with Crippen LogP contribution in [0.2, 0.25) is 0 Å². The number of aliphatic carboxylic acids is 1. The molecule has 1 amide bonds. The molecule has 4 aromatic rings. The number of carbonyl (C=O) groups is 2. The molecule has 1 heterocycles. The molecule has 9 heteroatoms. The van der Waals surface area contributed by atoms with Gasteiger partial charge < -0.3 is 15.7 Å². The standard InChI is InChI=1S/C27H26FN3O3S2/c1-4-35-25(26(33)34)31-24(32)17-7-5-16(6-8-17)19-10-11-21(20(28)13-19)29-27-30-22-12-9-18(15(2)3)14-23(22)36-27/h5-15,25H,4H2,1-3H3,(H,29,30)(H,31,32)(H,33,34). The predicted molar refractivity (Wildman–Crippen MR) is 146 cm³/mol. The van der Waals surface area contributed by atoms with Crippen molar-refractivity contribution in [1.82, 2.24) is 10.3 Å². The first-order valence-electron chi connectivity index (χ1n) is 11.5. The third-order valence-electron chi connectivity index (χ3n) is 5.59. The Morgan fingerprint density at radius 1 is 1.06 bits per heavy atom. The van der Waals surface area contributed by atoms with E-state index < -0.39 is 23.1 Å². The molecule has 1 aromatic heterocycles. The number of amides is 1. The highest BCUT2D eigenvalue weighted by atomic mass is 32.2. The Hall–Kier alpha value is -3.43. The van der Waals surface area contributed by atoms with Crippen molar-refractivity contribution < 1.29 is 19.1 Å². The van der Waals surface area contributed by atoms with Crippen LogP contribution in [-0.4, -0.2) is 33.1 Å². The van der Waals surface area contributed by atoms with Gasteiger partial charge in [-0.25, -0.2) is 14.2 Å². The summed E-state index contributed by atoms with van der Waals surface area (Å²) in [6.45, 7) is 6.10. The Labute approximate surface area is 217 Å². The lowest BCUT2D eigenvalue weighted by Gasteiger charge is -2.13. The molecule has 36 heavy (non-hydrogen) atoms. The van der Waals surface area contributed by atoms with E-state index in [2.05, 4.69) is 41.6 Å². The summed E-state index contributed by atoms with van der Waals surface area (Å²) in [5.74, 6) is -1.01. The smallest absolute Gasteiger partial charge is 0.336 e. The van der Waals surface area contributed by atoms with Crippen molar-refractivity contribution in [2.75, 3.05) is 11.1 Å². The minimum absolute atomic E-state index is 0.325. The Morgan fingerprint density at radius 3 is 2.42 bits per heavy atom. The third-order valence-corrected chi connectivity index (χ3v) is 7.51. The SMILES string of the molecule is CCSC(NC(=O)c1ccc(-c2ccc(Nc3nc4ccc(C(C)C)cc4s3)c(F)c2)cc1)C(=O)O. The van der Waals surface area contributed by atoms with Crippen molar-refractivity contribution in [1.29, 1.82) is 0 Å². The number of aromatic nitrogens is 1. The monoisotopic (exact) mass is 523 g/mol. The topological polar surface area (TPSA) is 91.3 Å². The van der Waals surface area contributed by atoms with Gasteiger partial charge in [0.25, 0.3) is 5.91 Å². The number of benzene rings is 3. The average molecular weight is 524 g/mol. The van der Waals surface area contributed by atoms with E-state index in [0.717, 1.165) is 27.5 Å². The van der Waals surface area contributed by atoms with Crippen molar-refractivity contribution in [3.63, 3.8) is 0 Å². The molecule has 0 saturated carbocycles. The number of hydrogen-bond donors (Lipinski definition) is 3. The predicted octanol–water partition coefficient (Wildman–Crippen LogP) is 6.86. The maximum Gasteiger partial charge on any atom is 0.336 e. The number of rotatable bonds is 9. The van der Waals surface area contributed by atoms with E-state index in [-0.39, 0.29) is 0 Å². The summed E-state index contributed by atoms with van der Waals surface area (Å²) in [7, 11) is 0. The van der Waals surface area contributed by atoms with Gasteiger partial charge in [0, 0.05) is 5.56 Å². The van der Waals surface area contributed by atoms with E-state index in [1.54, 1.807) is 36.4 Å². The Morgan fingerprint density at radius 2 is 1.78 bits per heavy atom. The zero-order valence-corrected chi connectivity index (χ0v) is 21.7. The molecular weight excluding hydrogens is 497 g/mol. The van der Waals surface area contributed by atoms with Crippen LogP contribution in [0.4, 0.5) is 15.2 Å². The molecule has 0 saturated heterocycles. The number of thioether (sulfide) groups is 1. The van der Waals surface area contributed by atoms with Crippen LogP contribution >= 0.6 is 23.1 Å². The highest BCUT2D eigenvalue weighted by Crippen LogP contribution is 2.32. The fraction of sp³-hybridized carbons (Fsp3) is 0.222. The van der Waals surface area contributed by atoms with Gasteiger partial charge in [-0.05, 0) is 64.8 Å². The largest absolute Gasteiger partial charge is 0.479 e. The quantitative estimate of drug-likeness (QED) is 0.208. The first-order chi connectivity index (χ1) is 17.2. The van der Waals surface area contributed by atoms with E-state index in [1.807, 2.05) is 13.0 Å². The van der Waals surface area contributed by atoms with E-state index >= 15 is 0 Å². The molecule has 0 fully saturated rings. The number of halogens is 1. The fourth-order valence-electron chi connectivity index (χ4n) is 3.62. The summed E-state index contributed by atoms with van der Waals surface area (Å²) in [4.78, 5) is 28.2. The zero-order valence-electron chi connectivity index (χ0n) is 20.0. The number of fused-ring (bicyclic) bond motifs is 1. The first-order valence-corrected chi connectivity index (χ1v) is 13.3. The van der Waals surface area contributed by atoms with Crippen LogP contribution in [0.3, 0.4) is 0 Å². The van der Waals surface area contributed by atoms with Gasteiger partial charge in [0.1, 0.15) is 5.82 Å². The van der Waals surface area contributed by atoms with Crippen LogP contribution < -0.4 is 10.6 Å². The van der Waals surface area contributed by atoms with Crippen LogP contribution in [0.25, 0.3) is 21.3 Å². The molecule has 0 aliphatic rings. The van der Waals surface area contributed by atoms with Gasteiger partial charge in [0.05, 0.1) is 15.9 Å². The minimum atomic E-state index is -1.10. The third kappa shape index (κ3) is 5.85. The van der Waals surface area contributed by atoms with Gasteiger partial charge in [0.15, 0.2) is 10.5 Å². The number of carbonyl (C=O) groups excluding carboxylic acids is 1. The molecule has 3 N–H and O–H groups in total. The lowest BCUT2D eigenvalue weighted by Crippen LogP contribution is -2.38. The van der Waals surface area contributed by atoms with Crippen molar-refractivity contribution in [2.24, 2.45) is 0 Å². The van der Waals surface area contributed by atoms with Crippen molar-refractivity contribution in [2.45, 2.75) is 32.1 Å². The van der Waals surface area contributed by atoms with Gasteiger partial charge in [-0.3, -0.25) is 4.79 Å². The van der Waals surface area contributed by atoms with Gasteiger partial charge in [-0.2, -0.15) is 0 Å². The van der Waals surface area contributed by atoms with Crippen LogP contribution in [0.5, 0.6) is 0 Å². The summed E-state index contributed by atoms with van der Waals surface area (Å²) in [5.41, 5.74) is 4.15. The number of carboxylic acids is 1. The second-order valence-corrected chi connectivity index (χ2v) is 10.9. The van der Waals surface area contributed by atoms with E-state index in [1.165, 1.54) is 23.0 Å². The highest BCUT2D eigenvalue weighted by Gasteiger charge is 2.20. The van der Waals surface area contributed by atoms with Crippen LogP contribution in [-0.2, 0) is 4.79 Å². The second-order valence-electron chi connectivity index (χ2n) is 8.44. The van der Waals surface area contributed by atoms with Gasteiger partial charge >= 0.3 is 5.97 Å². The molecule has 0 radical (unpaired) electrons. The number of carboxylic acid groups (broad SMARTS) is 1. The Balaban J connectivity index is 1.47. The summed E-state index contributed by atoms with van der Waals surface area (Å²) < 4.78 is 16.0. The van der Waals surface area contributed by atoms with Gasteiger partial charge in [-0.1, -0.05) is 56.4 Å². The minimum Gasteiger partial charge on any atom is -0.479 e. The highest BCUT2D eigenvalue weighted by molar-refractivity contribution is 8.00. The molecule has 0 bridgehead atoms. The fourth-order valence-corrected chi connectivity index (χ4v) is 5.22. The molecule has 0 aliphatic heterocycles. The molecule has 3 aromatic carbocycles.